The van der Waals surface area contributed by atoms with E-state index >= 15 is 0 Å². The number of carbonyl (C=O) groups excluding carboxylic acids is 1. The number of fused-ring (bicyclic) bond motifs is 1. The van der Waals surface area contributed by atoms with Crippen LogP contribution in [-0.4, -0.2) is 16.7 Å². The second kappa shape index (κ2) is 7.47. The topological polar surface area (TPSA) is 51.2 Å². The third kappa shape index (κ3) is 4.57. The van der Waals surface area contributed by atoms with E-state index in [0.717, 1.165) is 29.7 Å². The van der Waals surface area contributed by atoms with E-state index in [1.807, 2.05) is 39.0 Å². The van der Waals surface area contributed by atoms with Crippen LogP contribution in [0.4, 0.5) is 4.79 Å². The van der Waals surface area contributed by atoms with Crippen molar-refractivity contribution < 1.29 is 9.53 Å². The molecule has 1 N–H and O–H groups in total. The van der Waals surface area contributed by atoms with Gasteiger partial charge < -0.3 is 10.1 Å². The van der Waals surface area contributed by atoms with E-state index < -0.39 is 11.7 Å². The summed E-state index contributed by atoms with van der Waals surface area (Å²) in [4.78, 5) is 16.7. The molecule has 2 unspecified atom stereocenters. The predicted octanol–water partition coefficient (Wildman–Crippen LogP) is 4.51. The molecule has 0 fully saturated rings. The molecule has 2 rings (SSSR count). The van der Waals surface area contributed by atoms with Crippen LogP contribution >= 0.6 is 0 Å². The Morgan fingerprint density at radius 1 is 1.42 bits per heavy atom. The highest BCUT2D eigenvalue weighted by molar-refractivity contribution is 5.68. The van der Waals surface area contributed by atoms with Gasteiger partial charge in [-0.25, -0.2) is 4.79 Å². The summed E-state index contributed by atoms with van der Waals surface area (Å²) in [5, 5.41) is 2.97. The van der Waals surface area contributed by atoms with Crippen molar-refractivity contribution >= 4 is 6.09 Å². The summed E-state index contributed by atoms with van der Waals surface area (Å²) in [5.41, 5.74) is 2.66. The molecule has 0 saturated heterocycles. The standard InChI is InChI=1S/C20H26N2O2/c1-6-9-14(7-2)16-12-15-10-8-11-21-18(15)17(13-16)22-19(23)24-20(3,4)5/h6-11,16-17H,1-2,12-13H2,3-5H3,(H,22,23)/b14-9+. The fourth-order valence-corrected chi connectivity index (χ4v) is 3.02. The quantitative estimate of drug-likeness (QED) is 0.828. The number of hydrogen-bond donors (Lipinski definition) is 1. The first-order chi connectivity index (χ1) is 11.3. The second-order valence-corrected chi connectivity index (χ2v) is 6.99. The Balaban J connectivity index is 2.25. The molecule has 0 aromatic carbocycles. The summed E-state index contributed by atoms with van der Waals surface area (Å²) in [6.07, 6.45) is 8.58. The molecule has 1 amide bonds. The maximum absolute atomic E-state index is 12.2. The molecule has 1 aliphatic rings. The SMILES string of the molecule is C=C/C=C(\C=C)C1Cc2cccnc2C(NC(=O)OC(C)(C)C)C1. The van der Waals surface area contributed by atoms with Crippen molar-refractivity contribution in [3.05, 3.63) is 66.5 Å². The van der Waals surface area contributed by atoms with Gasteiger partial charge in [0.1, 0.15) is 5.60 Å². The molecule has 0 radical (unpaired) electrons. The van der Waals surface area contributed by atoms with E-state index in [-0.39, 0.29) is 12.0 Å². The van der Waals surface area contributed by atoms with Gasteiger partial charge in [-0.3, -0.25) is 4.98 Å². The Labute approximate surface area is 144 Å². The van der Waals surface area contributed by atoms with Crippen molar-refractivity contribution in [3.63, 3.8) is 0 Å². The maximum Gasteiger partial charge on any atom is 0.408 e. The summed E-state index contributed by atoms with van der Waals surface area (Å²) < 4.78 is 5.40. The van der Waals surface area contributed by atoms with Gasteiger partial charge in [0, 0.05) is 6.20 Å². The molecule has 4 nitrogen and oxygen atoms in total. The summed E-state index contributed by atoms with van der Waals surface area (Å²) in [7, 11) is 0. The van der Waals surface area contributed by atoms with E-state index in [9.17, 15) is 4.79 Å². The van der Waals surface area contributed by atoms with Gasteiger partial charge in [0.15, 0.2) is 0 Å². The highest BCUT2D eigenvalue weighted by Crippen LogP contribution is 2.36. The lowest BCUT2D eigenvalue weighted by atomic mass is 9.79. The smallest absolute Gasteiger partial charge is 0.408 e. The van der Waals surface area contributed by atoms with Gasteiger partial charge in [-0.05, 0) is 56.7 Å². The first kappa shape index (κ1) is 18.0. The van der Waals surface area contributed by atoms with Gasteiger partial charge in [0.25, 0.3) is 0 Å². The van der Waals surface area contributed by atoms with Crippen LogP contribution in [0.15, 0.2) is 55.3 Å². The molecular weight excluding hydrogens is 300 g/mol. The lowest BCUT2D eigenvalue weighted by Crippen LogP contribution is -2.38. The minimum Gasteiger partial charge on any atom is -0.444 e. The zero-order chi connectivity index (χ0) is 17.7. The third-order valence-corrected chi connectivity index (χ3v) is 3.95. The van der Waals surface area contributed by atoms with Crippen LogP contribution < -0.4 is 5.32 Å². The third-order valence-electron chi connectivity index (χ3n) is 3.95. The van der Waals surface area contributed by atoms with Crippen LogP contribution in [0.1, 0.15) is 44.5 Å². The highest BCUT2D eigenvalue weighted by atomic mass is 16.6. The van der Waals surface area contributed by atoms with Crippen molar-refractivity contribution in [2.24, 2.45) is 5.92 Å². The minimum atomic E-state index is -0.528. The number of hydrogen-bond acceptors (Lipinski definition) is 3. The monoisotopic (exact) mass is 326 g/mol. The van der Waals surface area contributed by atoms with Crippen LogP contribution in [-0.2, 0) is 11.2 Å². The fraction of sp³-hybridized carbons (Fsp3) is 0.400. The lowest BCUT2D eigenvalue weighted by molar-refractivity contribution is 0.0494. The predicted molar refractivity (Wildman–Crippen MR) is 96.6 cm³/mol. The van der Waals surface area contributed by atoms with Crippen LogP contribution in [0.5, 0.6) is 0 Å². The average molecular weight is 326 g/mol. The number of allylic oxidation sites excluding steroid dienone is 4. The number of rotatable bonds is 4. The molecule has 4 heteroatoms. The number of pyridine rings is 1. The maximum atomic E-state index is 12.2. The largest absolute Gasteiger partial charge is 0.444 e. The van der Waals surface area contributed by atoms with Crippen LogP contribution in [0.25, 0.3) is 0 Å². The van der Waals surface area contributed by atoms with Crippen LogP contribution in [0, 0.1) is 5.92 Å². The summed E-state index contributed by atoms with van der Waals surface area (Å²) in [6, 6.07) is 3.81. The van der Waals surface area contributed by atoms with Gasteiger partial charge in [-0.2, -0.15) is 0 Å². The lowest BCUT2D eigenvalue weighted by Gasteiger charge is -2.32. The van der Waals surface area contributed by atoms with Gasteiger partial charge in [-0.1, -0.05) is 37.5 Å². The van der Waals surface area contributed by atoms with Crippen molar-refractivity contribution in [2.75, 3.05) is 0 Å². The van der Waals surface area contributed by atoms with Gasteiger partial charge in [0.05, 0.1) is 11.7 Å². The normalized spacial score (nSPS) is 20.7. The van der Waals surface area contributed by atoms with E-state index in [0.29, 0.717) is 0 Å². The minimum absolute atomic E-state index is 0.178. The Kier molecular flexibility index (Phi) is 5.60. The molecule has 0 spiro atoms. The molecule has 24 heavy (non-hydrogen) atoms. The molecule has 1 aromatic heterocycles. The summed E-state index contributed by atoms with van der Waals surface area (Å²) >= 11 is 0. The molecule has 128 valence electrons. The number of alkyl carbamates (subject to hydrolysis) is 1. The van der Waals surface area contributed by atoms with Crippen molar-refractivity contribution in [1.82, 2.24) is 10.3 Å². The molecular formula is C20H26N2O2. The number of aromatic nitrogens is 1. The van der Waals surface area contributed by atoms with Gasteiger partial charge >= 0.3 is 6.09 Å². The Morgan fingerprint density at radius 3 is 2.79 bits per heavy atom. The zero-order valence-electron chi connectivity index (χ0n) is 14.7. The van der Waals surface area contributed by atoms with Gasteiger partial charge in [-0.15, -0.1) is 0 Å². The average Bonchev–Trinajstić information content (AvgIpc) is 2.50. The molecule has 1 aromatic rings. The number of nitrogens with one attached hydrogen (secondary N) is 1. The summed E-state index contributed by atoms with van der Waals surface area (Å²) in [5.74, 6) is 0.261. The first-order valence-corrected chi connectivity index (χ1v) is 8.22. The van der Waals surface area contributed by atoms with E-state index in [2.05, 4.69) is 29.5 Å². The number of nitrogens with zero attached hydrogens (tertiary/aromatic N) is 1. The molecule has 0 bridgehead atoms. The van der Waals surface area contributed by atoms with E-state index in [1.165, 1.54) is 0 Å². The number of carbonyl (C=O) groups is 1. The van der Waals surface area contributed by atoms with Crippen LogP contribution in [0.2, 0.25) is 0 Å². The molecule has 2 atom stereocenters. The fourth-order valence-electron chi connectivity index (χ4n) is 3.02. The first-order valence-electron chi connectivity index (χ1n) is 8.22. The molecule has 0 aliphatic heterocycles. The molecule has 0 saturated carbocycles. The van der Waals surface area contributed by atoms with Crippen molar-refractivity contribution in [3.8, 4) is 0 Å². The number of amides is 1. The molecule has 1 aliphatic carbocycles. The summed E-state index contributed by atoms with van der Waals surface area (Å²) in [6.45, 7) is 13.2. The van der Waals surface area contributed by atoms with Crippen LogP contribution in [0.3, 0.4) is 0 Å². The van der Waals surface area contributed by atoms with E-state index in [1.54, 1.807) is 12.3 Å². The van der Waals surface area contributed by atoms with Crippen molar-refractivity contribution in [2.45, 2.75) is 45.3 Å². The highest BCUT2D eigenvalue weighted by Gasteiger charge is 2.31. The number of ether oxygens (including phenoxy) is 1. The van der Waals surface area contributed by atoms with Crippen molar-refractivity contribution in [1.29, 1.82) is 0 Å². The van der Waals surface area contributed by atoms with E-state index in [4.69, 9.17) is 4.74 Å². The second-order valence-electron chi connectivity index (χ2n) is 6.99. The molecule has 1 heterocycles. The Morgan fingerprint density at radius 2 is 2.17 bits per heavy atom. The zero-order valence-corrected chi connectivity index (χ0v) is 14.7. The Hall–Kier alpha value is -2.36. The van der Waals surface area contributed by atoms with Gasteiger partial charge in [0.2, 0.25) is 0 Å². The Bertz CT molecular complexity index is 656.